The Labute approximate surface area is 166 Å². The molecule has 3 rings (SSSR count). The Balaban J connectivity index is 1.87. The molecule has 1 aromatic rings. The number of carbonyl (C=O) groups is 2. The molecular weight excluding hydrogens is 380 g/mol. The third-order valence-electron chi connectivity index (χ3n) is 5.33. The highest BCUT2D eigenvalue weighted by atomic mass is 32.2. The largest absolute Gasteiger partial charge is 0.341 e. The number of aryl methyl sites for hydroxylation is 1. The Hall–Kier alpha value is -2.13. The molecule has 28 heavy (non-hydrogen) atoms. The first-order chi connectivity index (χ1) is 13.3. The number of nitrogens with zero attached hydrogens (tertiary/aromatic N) is 4. The molecule has 2 fully saturated rings. The van der Waals surface area contributed by atoms with Gasteiger partial charge in [0.05, 0.1) is 4.90 Å². The predicted molar refractivity (Wildman–Crippen MR) is 105 cm³/mol. The Bertz CT molecular complexity index is 811. The molecule has 1 aromatic carbocycles. The van der Waals surface area contributed by atoms with E-state index < -0.39 is 22.6 Å². The van der Waals surface area contributed by atoms with Gasteiger partial charge in [-0.1, -0.05) is 17.7 Å². The molecule has 0 unspecified atom stereocenters. The van der Waals surface area contributed by atoms with E-state index in [0.29, 0.717) is 39.3 Å². The fourth-order valence-electron chi connectivity index (χ4n) is 3.44. The number of carbonyl (C=O) groups excluding carboxylic acids is 2. The van der Waals surface area contributed by atoms with Crippen molar-refractivity contribution >= 4 is 22.0 Å². The van der Waals surface area contributed by atoms with Gasteiger partial charge in [-0.05, 0) is 38.9 Å². The van der Waals surface area contributed by atoms with Crippen molar-refractivity contribution in [1.29, 1.82) is 0 Å². The van der Waals surface area contributed by atoms with Gasteiger partial charge in [0.25, 0.3) is 10.0 Å². The van der Waals surface area contributed by atoms with Gasteiger partial charge in [0, 0.05) is 39.3 Å². The van der Waals surface area contributed by atoms with Crippen LogP contribution in [0.5, 0.6) is 0 Å². The number of amides is 3. The van der Waals surface area contributed by atoms with Gasteiger partial charge in [-0.15, -0.1) is 0 Å². The molecule has 0 bridgehead atoms. The van der Waals surface area contributed by atoms with Crippen molar-refractivity contribution in [3.05, 3.63) is 29.8 Å². The zero-order chi connectivity index (χ0) is 20.3. The fraction of sp³-hybridized carbons (Fsp3) is 0.579. The smallest absolute Gasteiger partial charge is 0.334 e. The van der Waals surface area contributed by atoms with E-state index in [9.17, 15) is 18.0 Å². The maximum absolute atomic E-state index is 13.2. The highest BCUT2D eigenvalue weighted by molar-refractivity contribution is 7.89. The minimum absolute atomic E-state index is 0.0230. The van der Waals surface area contributed by atoms with E-state index in [0.717, 1.165) is 22.7 Å². The molecule has 9 heteroatoms. The number of hydrogen-bond acceptors (Lipinski definition) is 5. The van der Waals surface area contributed by atoms with Crippen LogP contribution in [0.25, 0.3) is 0 Å². The van der Waals surface area contributed by atoms with Crippen LogP contribution in [-0.2, 0) is 14.8 Å². The summed E-state index contributed by atoms with van der Waals surface area (Å²) in [5, 5.41) is 0. The molecule has 0 saturated carbocycles. The summed E-state index contributed by atoms with van der Waals surface area (Å²) in [5.74, 6) is -0.323. The lowest BCUT2D eigenvalue weighted by atomic mass is 10.2. The van der Waals surface area contributed by atoms with Crippen LogP contribution < -0.4 is 0 Å². The summed E-state index contributed by atoms with van der Waals surface area (Å²) in [6, 6.07) is 5.72. The fourth-order valence-corrected chi connectivity index (χ4v) is 4.77. The van der Waals surface area contributed by atoms with Gasteiger partial charge in [-0.25, -0.2) is 17.5 Å². The molecule has 154 valence electrons. The summed E-state index contributed by atoms with van der Waals surface area (Å²) >= 11 is 0. The first kappa shape index (κ1) is 20.6. The minimum atomic E-state index is -4.12. The Morgan fingerprint density at radius 2 is 1.50 bits per heavy atom. The summed E-state index contributed by atoms with van der Waals surface area (Å²) in [5.41, 5.74) is 0.920. The second kappa shape index (κ2) is 8.48. The van der Waals surface area contributed by atoms with Crippen LogP contribution in [-0.4, -0.2) is 92.2 Å². The van der Waals surface area contributed by atoms with Crippen LogP contribution in [0.1, 0.15) is 18.4 Å². The third-order valence-corrected chi connectivity index (χ3v) is 7.07. The Kier molecular flexibility index (Phi) is 6.24. The highest BCUT2D eigenvalue weighted by Gasteiger charge is 2.36. The van der Waals surface area contributed by atoms with Crippen LogP contribution in [0.15, 0.2) is 29.2 Å². The summed E-state index contributed by atoms with van der Waals surface area (Å²) in [6.07, 6.45) is 1.81. The number of benzene rings is 1. The molecule has 3 amide bonds. The lowest BCUT2D eigenvalue weighted by Crippen LogP contribution is -2.55. The average Bonchev–Trinajstić information content (AvgIpc) is 3.21. The molecule has 0 aliphatic carbocycles. The van der Waals surface area contributed by atoms with Gasteiger partial charge in [-0.3, -0.25) is 4.79 Å². The minimum Gasteiger partial charge on any atom is -0.341 e. The van der Waals surface area contributed by atoms with E-state index in [-0.39, 0.29) is 10.8 Å². The van der Waals surface area contributed by atoms with Crippen LogP contribution in [0.3, 0.4) is 0 Å². The predicted octanol–water partition coefficient (Wildman–Crippen LogP) is 0.976. The van der Waals surface area contributed by atoms with E-state index >= 15 is 0 Å². The zero-order valence-electron chi connectivity index (χ0n) is 16.5. The van der Waals surface area contributed by atoms with Crippen molar-refractivity contribution in [3.63, 3.8) is 0 Å². The third kappa shape index (κ3) is 4.47. The number of piperazine rings is 1. The second-order valence-corrected chi connectivity index (χ2v) is 9.35. The van der Waals surface area contributed by atoms with Crippen LogP contribution in [0.2, 0.25) is 0 Å². The molecule has 8 nitrogen and oxygen atoms in total. The van der Waals surface area contributed by atoms with Crippen molar-refractivity contribution in [2.45, 2.75) is 24.7 Å². The molecule has 0 N–H and O–H groups in total. The van der Waals surface area contributed by atoms with Gasteiger partial charge >= 0.3 is 6.03 Å². The topological polar surface area (TPSA) is 81.2 Å². The molecular formula is C19H28N4O4S. The molecule has 2 aliphatic heterocycles. The van der Waals surface area contributed by atoms with Crippen molar-refractivity contribution in [2.24, 2.45) is 0 Å². The molecule has 2 saturated heterocycles. The monoisotopic (exact) mass is 408 g/mol. The van der Waals surface area contributed by atoms with Crippen LogP contribution in [0.4, 0.5) is 4.79 Å². The molecule has 2 heterocycles. The average molecular weight is 409 g/mol. The van der Waals surface area contributed by atoms with Gasteiger partial charge in [-0.2, -0.15) is 0 Å². The number of rotatable bonds is 4. The second-order valence-electron chi connectivity index (χ2n) is 7.49. The van der Waals surface area contributed by atoms with Gasteiger partial charge in [0.1, 0.15) is 6.54 Å². The normalized spacial score (nSPS) is 18.4. The lowest BCUT2D eigenvalue weighted by molar-refractivity contribution is -0.130. The van der Waals surface area contributed by atoms with Crippen LogP contribution >= 0.6 is 0 Å². The van der Waals surface area contributed by atoms with Crippen molar-refractivity contribution in [2.75, 3.05) is 52.9 Å². The van der Waals surface area contributed by atoms with Crippen LogP contribution in [0, 0.1) is 6.92 Å². The molecule has 0 atom stereocenters. The maximum Gasteiger partial charge on any atom is 0.334 e. The number of sulfonamides is 1. The Morgan fingerprint density at radius 1 is 0.929 bits per heavy atom. The van der Waals surface area contributed by atoms with E-state index in [2.05, 4.69) is 4.90 Å². The number of likely N-dealkylation sites (tertiary alicyclic amines) is 1. The van der Waals surface area contributed by atoms with Gasteiger partial charge in [0.2, 0.25) is 5.91 Å². The van der Waals surface area contributed by atoms with Gasteiger partial charge < -0.3 is 14.7 Å². The van der Waals surface area contributed by atoms with E-state index in [1.807, 2.05) is 14.0 Å². The molecule has 0 spiro atoms. The summed E-state index contributed by atoms with van der Waals surface area (Å²) in [6.45, 7) is 4.84. The van der Waals surface area contributed by atoms with E-state index in [1.54, 1.807) is 17.0 Å². The quantitative estimate of drug-likeness (QED) is 0.742. The van der Waals surface area contributed by atoms with Crippen molar-refractivity contribution in [3.8, 4) is 0 Å². The molecule has 2 aliphatic rings. The lowest BCUT2D eigenvalue weighted by Gasteiger charge is -2.35. The van der Waals surface area contributed by atoms with Crippen molar-refractivity contribution < 1.29 is 18.0 Å². The standard InChI is InChI=1S/C19H28N4O4S/c1-16-5-7-17(8-6-16)28(26,27)23(15-18(24)21-9-3-4-10-21)19(25)22-13-11-20(2)12-14-22/h5-8H,3-4,9-15H2,1-2H3. The number of likely N-dealkylation sites (N-methyl/N-ethyl adjacent to an activating group) is 1. The summed E-state index contributed by atoms with van der Waals surface area (Å²) in [4.78, 5) is 31.0. The SMILES string of the molecule is Cc1ccc(S(=O)(=O)N(CC(=O)N2CCCC2)C(=O)N2CCN(C)CC2)cc1. The number of urea groups is 1. The van der Waals surface area contributed by atoms with Crippen molar-refractivity contribution in [1.82, 2.24) is 19.0 Å². The number of hydrogen-bond donors (Lipinski definition) is 0. The molecule has 0 aromatic heterocycles. The van der Waals surface area contributed by atoms with E-state index in [1.165, 1.54) is 17.0 Å². The maximum atomic E-state index is 13.2. The molecule has 0 radical (unpaired) electrons. The van der Waals surface area contributed by atoms with Gasteiger partial charge in [0.15, 0.2) is 0 Å². The summed E-state index contributed by atoms with van der Waals surface area (Å²) in [7, 11) is -2.17. The summed E-state index contributed by atoms with van der Waals surface area (Å²) < 4.78 is 27.2. The van der Waals surface area contributed by atoms with E-state index in [4.69, 9.17) is 0 Å². The highest BCUT2D eigenvalue weighted by Crippen LogP contribution is 2.20. The Morgan fingerprint density at radius 3 is 2.07 bits per heavy atom. The first-order valence-corrected chi connectivity index (χ1v) is 11.1. The zero-order valence-corrected chi connectivity index (χ0v) is 17.3. The first-order valence-electron chi connectivity index (χ1n) is 9.63.